The van der Waals surface area contributed by atoms with Gasteiger partial charge in [0.15, 0.2) is 0 Å². The molecule has 2 nitrogen and oxygen atoms in total. The van der Waals surface area contributed by atoms with E-state index in [1.54, 1.807) is 11.3 Å². The fourth-order valence-electron chi connectivity index (χ4n) is 2.14. The lowest BCUT2D eigenvalue weighted by atomic mass is 10.0. The van der Waals surface area contributed by atoms with Crippen LogP contribution < -0.4 is 10.1 Å². The van der Waals surface area contributed by atoms with Crippen molar-refractivity contribution in [3.8, 4) is 5.75 Å². The van der Waals surface area contributed by atoms with Crippen molar-refractivity contribution in [1.29, 1.82) is 0 Å². The van der Waals surface area contributed by atoms with Gasteiger partial charge in [-0.1, -0.05) is 25.1 Å². The van der Waals surface area contributed by atoms with Crippen LogP contribution >= 0.6 is 27.3 Å². The van der Waals surface area contributed by atoms with Crippen LogP contribution in [0.2, 0.25) is 0 Å². The maximum atomic E-state index is 5.78. The third-order valence-corrected chi connectivity index (χ3v) is 4.70. The molecule has 0 fully saturated rings. The van der Waals surface area contributed by atoms with E-state index in [2.05, 4.69) is 52.4 Å². The average Bonchev–Trinajstić information content (AvgIpc) is 2.88. The molecule has 1 aromatic carbocycles. The van der Waals surface area contributed by atoms with E-state index in [0.29, 0.717) is 6.61 Å². The number of hydrogen-bond acceptors (Lipinski definition) is 3. The van der Waals surface area contributed by atoms with E-state index in [4.69, 9.17) is 4.74 Å². The van der Waals surface area contributed by atoms with E-state index >= 15 is 0 Å². The summed E-state index contributed by atoms with van der Waals surface area (Å²) in [5.74, 6) is 0.966. The van der Waals surface area contributed by atoms with Gasteiger partial charge in [0.05, 0.1) is 16.4 Å². The van der Waals surface area contributed by atoms with Crippen LogP contribution in [0.3, 0.4) is 0 Å². The summed E-state index contributed by atoms with van der Waals surface area (Å²) in [4.78, 5) is 1.30. The number of nitrogens with one attached hydrogen (secondary N) is 1. The predicted molar refractivity (Wildman–Crippen MR) is 89.8 cm³/mol. The van der Waals surface area contributed by atoms with Crippen molar-refractivity contribution in [3.63, 3.8) is 0 Å². The predicted octanol–water partition coefficient (Wildman–Crippen LogP) is 5.00. The minimum absolute atomic E-state index is 0.189. The molecule has 1 N–H and O–H groups in total. The van der Waals surface area contributed by atoms with Crippen LogP contribution in [0.15, 0.2) is 40.2 Å². The molecule has 20 heavy (non-hydrogen) atoms. The first-order valence-corrected chi connectivity index (χ1v) is 8.57. The van der Waals surface area contributed by atoms with Gasteiger partial charge < -0.3 is 10.1 Å². The van der Waals surface area contributed by atoms with Crippen LogP contribution in [-0.2, 0) is 0 Å². The lowest BCUT2D eigenvalue weighted by molar-refractivity contribution is 0.333. The fraction of sp³-hybridized carbons (Fsp3) is 0.375. The molecular weight excluding hydrogens is 334 g/mol. The van der Waals surface area contributed by atoms with Crippen LogP contribution in [0.1, 0.15) is 36.8 Å². The molecule has 108 valence electrons. The Morgan fingerprint density at radius 1 is 1.20 bits per heavy atom. The molecule has 2 rings (SSSR count). The number of rotatable bonds is 7. The number of benzene rings is 1. The standard InChI is InChI=1S/C16H20BrNOS/c1-3-11-18-16(14-9-10-15(17)20-14)12-7-5-6-8-13(12)19-4-2/h5-10,16,18H,3-4,11H2,1-2H3. The first kappa shape index (κ1) is 15.5. The summed E-state index contributed by atoms with van der Waals surface area (Å²) in [5.41, 5.74) is 1.21. The Bertz CT molecular complexity index is 541. The third-order valence-electron chi connectivity index (χ3n) is 3.01. The second kappa shape index (κ2) is 7.81. The molecule has 4 heteroatoms. The second-order valence-corrected chi connectivity index (χ2v) is 6.99. The summed E-state index contributed by atoms with van der Waals surface area (Å²) < 4.78 is 6.94. The monoisotopic (exact) mass is 353 g/mol. The lowest BCUT2D eigenvalue weighted by Crippen LogP contribution is -2.23. The first-order valence-electron chi connectivity index (χ1n) is 6.96. The Labute approximate surface area is 133 Å². The first-order chi connectivity index (χ1) is 9.76. The van der Waals surface area contributed by atoms with E-state index in [0.717, 1.165) is 22.5 Å². The van der Waals surface area contributed by atoms with Crippen molar-refractivity contribution in [1.82, 2.24) is 5.32 Å². The van der Waals surface area contributed by atoms with E-state index < -0.39 is 0 Å². The van der Waals surface area contributed by atoms with Crippen LogP contribution in [0.5, 0.6) is 5.75 Å². The molecule has 0 aliphatic heterocycles. The van der Waals surface area contributed by atoms with Gasteiger partial charge in [-0.2, -0.15) is 0 Å². The summed E-state index contributed by atoms with van der Waals surface area (Å²) in [7, 11) is 0. The quantitative estimate of drug-likeness (QED) is 0.756. The Hall–Kier alpha value is -0.840. The summed E-state index contributed by atoms with van der Waals surface area (Å²) in [5, 5.41) is 3.62. The lowest BCUT2D eigenvalue weighted by Gasteiger charge is -2.20. The smallest absolute Gasteiger partial charge is 0.124 e. The molecule has 0 aliphatic carbocycles. The molecule has 1 aromatic heterocycles. The number of para-hydroxylation sites is 1. The summed E-state index contributed by atoms with van der Waals surface area (Å²) in [6.07, 6.45) is 1.11. The molecule has 0 saturated carbocycles. The maximum absolute atomic E-state index is 5.78. The minimum Gasteiger partial charge on any atom is -0.494 e. The van der Waals surface area contributed by atoms with Crippen molar-refractivity contribution < 1.29 is 4.74 Å². The van der Waals surface area contributed by atoms with Crippen LogP contribution in [-0.4, -0.2) is 13.2 Å². The topological polar surface area (TPSA) is 21.3 Å². The van der Waals surface area contributed by atoms with Gasteiger partial charge in [0.1, 0.15) is 5.75 Å². The van der Waals surface area contributed by atoms with Crippen LogP contribution in [0.4, 0.5) is 0 Å². The van der Waals surface area contributed by atoms with Crippen molar-refractivity contribution in [2.24, 2.45) is 0 Å². The van der Waals surface area contributed by atoms with Gasteiger partial charge in [-0.15, -0.1) is 11.3 Å². The SMILES string of the molecule is CCCNC(c1ccc(Br)s1)c1ccccc1OCC. The van der Waals surface area contributed by atoms with Gasteiger partial charge in [0, 0.05) is 10.4 Å². The summed E-state index contributed by atoms with van der Waals surface area (Å²) in [6.45, 7) is 5.88. The van der Waals surface area contributed by atoms with Gasteiger partial charge in [0.2, 0.25) is 0 Å². The van der Waals surface area contributed by atoms with Crippen LogP contribution in [0, 0.1) is 0 Å². The van der Waals surface area contributed by atoms with Crippen molar-refractivity contribution >= 4 is 27.3 Å². The molecule has 0 spiro atoms. The van der Waals surface area contributed by atoms with Crippen LogP contribution in [0.25, 0.3) is 0 Å². The largest absolute Gasteiger partial charge is 0.494 e. The van der Waals surface area contributed by atoms with E-state index in [1.807, 2.05) is 19.1 Å². The molecule has 1 unspecified atom stereocenters. The van der Waals surface area contributed by atoms with Gasteiger partial charge in [-0.05, 0) is 54.0 Å². The van der Waals surface area contributed by atoms with E-state index in [-0.39, 0.29) is 6.04 Å². The molecule has 0 amide bonds. The Morgan fingerprint density at radius 2 is 2.00 bits per heavy atom. The zero-order valence-corrected chi connectivity index (χ0v) is 14.3. The minimum atomic E-state index is 0.189. The van der Waals surface area contributed by atoms with E-state index in [9.17, 15) is 0 Å². The zero-order chi connectivity index (χ0) is 14.4. The number of halogens is 1. The number of ether oxygens (including phenoxy) is 1. The highest BCUT2D eigenvalue weighted by Crippen LogP contribution is 2.35. The highest BCUT2D eigenvalue weighted by atomic mass is 79.9. The molecule has 1 atom stereocenters. The van der Waals surface area contributed by atoms with Crippen molar-refractivity contribution in [2.75, 3.05) is 13.2 Å². The Kier molecular flexibility index (Phi) is 6.07. The van der Waals surface area contributed by atoms with Gasteiger partial charge >= 0.3 is 0 Å². The van der Waals surface area contributed by atoms with E-state index in [1.165, 1.54) is 10.4 Å². The summed E-state index contributed by atoms with van der Waals surface area (Å²) in [6, 6.07) is 12.7. The number of hydrogen-bond donors (Lipinski definition) is 1. The van der Waals surface area contributed by atoms with Gasteiger partial charge in [-0.3, -0.25) is 0 Å². The molecule has 0 saturated heterocycles. The Balaban J connectivity index is 2.35. The van der Waals surface area contributed by atoms with Gasteiger partial charge in [-0.25, -0.2) is 0 Å². The summed E-state index contributed by atoms with van der Waals surface area (Å²) >= 11 is 5.32. The van der Waals surface area contributed by atoms with Crippen molar-refractivity contribution in [2.45, 2.75) is 26.3 Å². The zero-order valence-electron chi connectivity index (χ0n) is 11.9. The molecule has 1 heterocycles. The normalized spacial score (nSPS) is 12.3. The highest BCUT2D eigenvalue weighted by Gasteiger charge is 2.19. The molecule has 0 radical (unpaired) electrons. The molecule has 0 bridgehead atoms. The Morgan fingerprint density at radius 3 is 2.65 bits per heavy atom. The second-order valence-electron chi connectivity index (χ2n) is 4.50. The maximum Gasteiger partial charge on any atom is 0.124 e. The third kappa shape index (κ3) is 3.84. The van der Waals surface area contributed by atoms with Crippen molar-refractivity contribution in [3.05, 3.63) is 50.6 Å². The molecule has 2 aromatic rings. The van der Waals surface area contributed by atoms with Gasteiger partial charge in [0.25, 0.3) is 0 Å². The highest BCUT2D eigenvalue weighted by molar-refractivity contribution is 9.11. The molecule has 0 aliphatic rings. The molecular formula is C16H20BrNOS. The number of thiophene rings is 1. The fourth-order valence-corrected chi connectivity index (χ4v) is 3.66. The average molecular weight is 354 g/mol.